The first-order chi connectivity index (χ1) is 11.2. The lowest BCUT2D eigenvalue weighted by atomic mass is 10.2. The molecule has 3 heterocycles. The molecule has 4 rings (SSSR count). The van der Waals surface area contributed by atoms with Gasteiger partial charge < -0.3 is 9.72 Å². The number of amides is 1. The number of imidazole rings is 1. The second kappa shape index (κ2) is 5.81. The van der Waals surface area contributed by atoms with Gasteiger partial charge in [-0.15, -0.1) is 11.3 Å². The van der Waals surface area contributed by atoms with Gasteiger partial charge in [-0.2, -0.15) is 0 Å². The van der Waals surface area contributed by atoms with Crippen LogP contribution in [0.2, 0.25) is 0 Å². The first kappa shape index (κ1) is 14.5. The first-order valence-corrected chi connectivity index (χ1v) is 8.79. The van der Waals surface area contributed by atoms with Gasteiger partial charge in [0, 0.05) is 46.9 Å². The van der Waals surface area contributed by atoms with E-state index >= 15 is 0 Å². The van der Waals surface area contributed by atoms with Crippen LogP contribution in [-0.4, -0.2) is 21.8 Å². The average Bonchev–Trinajstić information content (AvgIpc) is 3.05. The smallest absolute Gasteiger partial charge is 0.223 e. The van der Waals surface area contributed by atoms with Crippen molar-refractivity contribution in [2.45, 2.75) is 25.7 Å². The number of fused-ring (bicyclic) bond motifs is 1. The fourth-order valence-corrected chi connectivity index (χ4v) is 4.06. The van der Waals surface area contributed by atoms with E-state index in [1.165, 1.54) is 9.75 Å². The summed E-state index contributed by atoms with van der Waals surface area (Å²) in [5.74, 6) is 0.780. The predicted molar refractivity (Wildman–Crippen MR) is 91.8 cm³/mol. The van der Waals surface area contributed by atoms with Crippen LogP contribution in [0.3, 0.4) is 0 Å². The van der Waals surface area contributed by atoms with Crippen molar-refractivity contribution < 1.29 is 4.79 Å². The van der Waals surface area contributed by atoms with Crippen LogP contribution in [0.4, 0.5) is 0 Å². The van der Waals surface area contributed by atoms with Crippen LogP contribution in [0.1, 0.15) is 27.8 Å². The van der Waals surface area contributed by atoms with Crippen molar-refractivity contribution in [1.29, 1.82) is 0 Å². The summed E-state index contributed by atoms with van der Waals surface area (Å²) in [4.78, 5) is 19.4. The lowest BCUT2D eigenvalue weighted by molar-refractivity contribution is -0.122. The summed E-state index contributed by atoms with van der Waals surface area (Å²) in [6, 6.07) is 10.2. The normalized spacial score (nSPS) is 19.9. The molecule has 0 unspecified atom stereocenters. The van der Waals surface area contributed by atoms with Crippen LogP contribution in [0.25, 0.3) is 5.65 Å². The minimum atomic E-state index is 0.161. The zero-order valence-corrected chi connectivity index (χ0v) is 13.8. The Morgan fingerprint density at radius 2 is 2.30 bits per heavy atom. The van der Waals surface area contributed by atoms with Gasteiger partial charge in [-0.1, -0.05) is 6.07 Å². The second-order valence-corrected chi connectivity index (χ2v) is 7.46. The Morgan fingerprint density at radius 3 is 3.09 bits per heavy atom. The molecule has 118 valence electrons. The molecule has 1 aliphatic rings. The number of nitrogens with zero attached hydrogens (tertiary/aromatic N) is 2. The van der Waals surface area contributed by atoms with Crippen molar-refractivity contribution in [2.75, 3.05) is 6.54 Å². The van der Waals surface area contributed by atoms with E-state index in [-0.39, 0.29) is 11.8 Å². The van der Waals surface area contributed by atoms with Gasteiger partial charge in [0.2, 0.25) is 5.91 Å². The van der Waals surface area contributed by atoms with Crippen LogP contribution in [-0.2, 0) is 11.2 Å². The summed E-state index contributed by atoms with van der Waals surface area (Å²) >= 11 is 1.81. The molecule has 0 aromatic carbocycles. The molecule has 1 fully saturated rings. The fraction of sp³-hybridized carbons (Fsp3) is 0.333. The molecule has 3 aromatic rings. The van der Waals surface area contributed by atoms with Gasteiger partial charge in [-0.3, -0.25) is 4.79 Å². The largest absolute Gasteiger partial charge is 0.355 e. The zero-order chi connectivity index (χ0) is 15.8. The van der Waals surface area contributed by atoms with Gasteiger partial charge in [-0.25, -0.2) is 4.98 Å². The van der Waals surface area contributed by atoms with Crippen molar-refractivity contribution in [3.63, 3.8) is 0 Å². The molecule has 2 atom stereocenters. The Bertz CT molecular complexity index is 818. The molecular weight excluding hydrogens is 306 g/mol. The number of carbonyl (C=O) groups is 1. The van der Waals surface area contributed by atoms with Crippen molar-refractivity contribution in [3.8, 4) is 0 Å². The first-order valence-electron chi connectivity index (χ1n) is 7.97. The van der Waals surface area contributed by atoms with E-state index in [2.05, 4.69) is 29.4 Å². The average molecular weight is 325 g/mol. The van der Waals surface area contributed by atoms with E-state index in [1.807, 2.05) is 46.3 Å². The minimum Gasteiger partial charge on any atom is -0.355 e. The number of nitrogens with one attached hydrogen (secondary N) is 1. The predicted octanol–water partition coefficient (Wildman–Crippen LogP) is 3.17. The highest BCUT2D eigenvalue weighted by Gasteiger charge is 2.44. The van der Waals surface area contributed by atoms with Crippen molar-refractivity contribution in [2.24, 2.45) is 5.92 Å². The van der Waals surface area contributed by atoms with Crippen LogP contribution in [0, 0.1) is 12.8 Å². The highest BCUT2D eigenvalue weighted by Crippen LogP contribution is 2.49. The number of aryl methyl sites for hydroxylation is 1. The standard InChI is InChI=1S/C18H19N3OS/c1-12-5-6-16(23-12)14-10-15(14)18(22)19-8-7-13-11-21-9-3-2-4-17(21)20-13/h2-6,9,11,14-15H,7-8,10H2,1H3,(H,19,22)/t14-,15+/m0/s1. The maximum Gasteiger partial charge on any atom is 0.223 e. The van der Waals surface area contributed by atoms with E-state index in [1.54, 1.807) is 0 Å². The lowest BCUT2D eigenvalue weighted by Gasteiger charge is -2.03. The summed E-state index contributed by atoms with van der Waals surface area (Å²) in [6.07, 6.45) is 5.77. The van der Waals surface area contributed by atoms with Crippen molar-refractivity contribution in [3.05, 3.63) is 58.2 Å². The molecule has 1 N–H and O–H groups in total. The summed E-state index contributed by atoms with van der Waals surface area (Å²) in [5, 5.41) is 3.06. The van der Waals surface area contributed by atoms with Crippen molar-refractivity contribution >= 4 is 22.9 Å². The molecule has 1 saturated carbocycles. The molecule has 1 aliphatic carbocycles. The number of pyridine rings is 1. The number of carbonyl (C=O) groups excluding carboxylic acids is 1. The molecule has 4 nitrogen and oxygen atoms in total. The Kier molecular flexibility index (Phi) is 3.65. The highest BCUT2D eigenvalue weighted by atomic mass is 32.1. The maximum absolute atomic E-state index is 12.2. The molecule has 3 aromatic heterocycles. The number of hydrogen-bond donors (Lipinski definition) is 1. The maximum atomic E-state index is 12.2. The number of rotatable bonds is 5. The highest BCUT2D eigenvalue weighted by molar-refractivity contribution is 7.12. The third-order valence-electron chi connectivity index (χ3n) is 4.35. The molecule has 0 spiro atoms. The molecule has 0 bridgehead atoms. The topological polar surface area (TPSA) is 46.4 Å². The molecule has 0 saturated heterocycles. The molecule has 0 radical (unpaired) electrons. The molecule has 5 heteroatoms. The fourth-order valence-electron chi connectivity index (χ4n) is 3.00. The summed E-state index contributed by atoms with van der Waals surface area (Å²) < 4.78 is 2.01. The zero-order valence-electron chi connectivity index (χ0n) is 13.0. The van der Waals surface area contributed by atoms with Gasteiger partial charge in [0.15, 0.2) is 0 Å². The van der Waals surface area contributed by atoms with Gasteiger partial charge in [0.25, 0.3) is 0 Å². The second-order valence-electron chi connectivity index (χ2n) is 6.14. The van der Waals surface area contributed by atoms with E-state index < -0.39 is 0 Å². The molecule has 23 heavy (non-hydrogen) atoms. The monoisotopic (exact) mass is 325 g/mol. The van der Waals surface area contributed by atoms with E-state index in [0.717, 1.165) is 24.2 Å². The molecular formula is C18H19N3OS. The number of thiophene rings is 1. The van der Waals surface area contributed by atoms with Crippen LogP contribution < -0.4 is 5.32 Å². The molecule has 0 aliphatic heterocycles. The van der Waals surface area contributed by atoms with E-state index in [9.17, 15) is 4.79 Å². The minimum absolute atomic E-state index is 0.161. The third kappa shape index (κ3) is 3.01. The van der Waals surface area contributed by atoms with Crippen LogP contribution in [0.5, 0.6) is 0 Å². The van der Waals surface area contributed by atoms with Crippen molar-refractivity contribution in [1.82, 2.24) is 14.7 Å². The Hall–Kier alpha value is -2.14. The van der Waals surface area contributed by atoms with Gasteiger partial charge in [0.05, 0.1) is 5.69 Å². The quantitative estimate of drug-likeness (QED) is 0.783. The van der Waals surface area contributed by atoms with Gasteiger partial charge in [-0.05, 0) is 37.6 Å². The van der Waals surface area contributed by atoms with Gasteiger partial charge >= 0.3 is 0 Å². The van der Waals surface area contributed by atoms with E-state index in [4.69, 9.17) is 0 Å². The molecule has 1 amide bonds. The van der Waals surface area contributed by atoms with Crippen LogP contribution in [0.15, 0.2) is 42.7 Å². The Labute approximate surface area is 139 Å². The summed E-state index contributed by atoms with van der Waals surface area (Å²) in [6.45, 7) is 2.76. The summed E-state index contributed by atoms with van der Waals surface area (Å²) in [7, 11) is 0. The Balaban J connectivity index is 1.29. The SMILES string of the molecule is Cc1ccc([C@H]2C[C@H]2C(=O)NCCc2cn3ccccc3n2)s1. The van der Waals surface area contributed by atoms with Crippen LogP contribution >= 0.6 is 11.3 Å². The summed E-state index contributed by atoms with van der Waals surface area (Å²) in [5.41, 5.74) is 1.96. The van der Waals surface area contributed by atoms with E-state index in [0.29, 0.717) is 12.5 Å². The van der Waals surface area contributed by atoms with Gasteiger partial charge in [0.1, 0.15) is 5.65 Å². The number of hydrogen-bond acceptors (Lipinski definition) is 3. The third-order valence-corrected chi connectivity index (χ3v) is 5.48. The Morgan fingerprint density at radius 1 is 1.39 bits per heavy atom. The lowest BCUT2D eigenvalue weighted by Crippen LogP contribution is -2.27. The number of aromatic nitrogens is 2.